The van der Waals surface area contributed by atoms with E-state index < -0.39 is 0 Å². The van der Waals surface area contributed by atoms with E-state index in [9.17, 15) is 10.2 Å². The predicted molar refractivity (Wildman–Crippen MR) is 79.3 cm³/mol. The highest BCUT2D eigenvalue weighted by molar-refractivity contribution is 5.18. The van der Waals surface area contributed by atoms with E-state index in [0.29, 0.717) is 19.0 Å². The van der Waals surface area contributed by atoms with Crippen molar-refractivity contribution in [3.63, 3.8) is 0 Å². The summed E-state index contributed by atoms with van der Waals surface area (Å²) in [5.41, 5.74) is 1.34. The predicted octanol–water partition coefficient (Wildman–Crippen LogP) is 2.24. The van der Waals surface area contributed by atoms with Crippen LogP contribution in [0.5, 0.6) is 0 Å². The molecule has 108 valence electrons. The summed E-state index contributed by atoms with van der Waals surface area (Å²) in [6, 6.07) is 10.5. The number of hydrogen-bond acceptors (Lipinski definition) is 3. The average molecular weight is 265 g/mol. The Morgan fingerprint density at radius 3 is 1.95 bits per heavy atom. The molecule has 19 heavy (non-hydrogen) atoms. The Hall–Kier alpha value is -0.900. The molecular weight excluding hydrogens is 238 g/mol. The Morgan fingerprint density at radius 2 is 1.47 bits per heavy atom. The van der Waals surface area contributed by atoms with Crippen LogP contribution in [0.4, 0.5) is 0 Å². The van der Waals surface area contributed by atoms with Crippen LogP contribution in [0.15, 0.2) is 30.3 Å². The molecule has 0 saturated carbocycles. The quantitative estimate of drug-likeness (QED) is 0.757. The molecule has 3 atom stereocenters. The fourth-order valence-corrected chi connectivity index (χ4v) is 2.33. The highest BCUT2D eigenvalue weighted by Gasteiger charge is 2.13. The van der Waals surface area contributed by atoms with E-state index in [4.69, 9.17) is 0 Å². The van der Waals surface area contributed by atoms with E-state index in [1.807, 2.05) is 6.07 Å². The highest BCUT2D eigenvalue weighted by atomic mass is 16.3. The third-order valence-corrected chi connectivity index (χ3v) is 3.29. The summed E-state index contributed by atoms with van der Waals surface area (Å²) in [6.45, 7) is 7.92. The average Bonchev–Trinajstić information content (AvgIpc) is 2.35. The molecule has 2 N–H and O–H groups in total. The molecule has 3 heteroatoms. The smallest absolute Gasteiger partial charge is 0.0639 e. The second-order valence-corrected chi connectivity index (χ2v) is 5.56. The fourth-order valence-electron chi connectivity index (χ4n) is 2.33. The molecule has 1 aromatic carbocycles. The van der Waals surface area contributed by atoms with Crippen molar-refractivity contribution in [2.24, 2.45) is 0 Å². The van der Waals surface area contributed by atoms with Gasteiger partial charge >= 0.3 is 0 Å². The second kappa shape index (κ2) is 8.31. The first-order valence-corrected chi connectivity index (χ1v) is 7.12. The zero-order valence-corrected chi connectivity index (χ0v) is 12.3. The van der Waals surface area contributed by atoms with E-state index in [1.54, 1.807) is 13.8 Å². The molecule has 3 nitrogen and oxygen atoms in total. The minimum atomic E-state index is -0.356. The van der Waals surface area contributed by atoms with Crippen LogP contribution in [0.25, 0.3) is 0 Å². The van der Waals surface area contributed by atoms with E-state index in [1.165, 1.54) is 5.56 Å². The number of aliphatic hydroxyl groups is 2. The molecule has 0 aliphatic heterocycles. The minimum absolute atomic E-state index is 0.356. The molecule has 1 rings (SSSR count). The van der Waals surface area contributed by atoms with Crippen molar-refractivity contribution in [2.45, 2.75) is 45.3 Å². The van der Waals surface area contributed by atoms with E-state index in [-0.39, 0.29) is 12.2 Å². The van der Waals surface area contributed by atoms with Crippen molar-refractivity contribution < 1.29 is 10.2 Å². The van der Waals surface area contributed by atoms with Gasteiger partial charge in [-0.2, -0.15) is 0 Å². The molecule has 0 amide bonds. The normalized spacial score (nSPS) is 16.3. The van der Waals surface area contributed by atoms with Gasteiger partial charge in [0.25, 0.3) is 0 Å². The zero-order chi connectivity index (χ0) is 14.3. The van der Waals surface area contributed by atoms with E-state index in [0.717, 1.165) is 13.0 Å². The van der Waals surface area contributed by atoms with Gasteiger partial charge in [-0.3, -0.25) is 4.90 Å². The van der Waals surface area contributed by atoms with Crippen LogP contribution in [0, 0.1) is 0 Å². The summed E-state index contributed by atoms with van der Waals surface area (Å²) in [5, 5.41) is 19.0. The molecule has 0 aromatic heterocycles. The van der Waals surface area contributed by atoms with Crippen LogP contribution in [0.2, 0.25) is 0 Å². The van der Waals surface area contributed by atoms with Crippen LogP contribution in [0.3, 0.4) is 0 Å². The summed E-state index contributed by atoms with van der Waals surface area (Å²) < 4.78 is 0. The standard InChI is InChI=1S/C16H27NO2/c1-13(16-7-5-4-6-8-16)9-10-17(11-14(2)18)12-15(3)19/h4-8,13-15,18-19H,9-12H2,1-3H3/t13-,14-,15+/m1/s1. The van der Waals surface area contributed by atoms with Gasteiger partial charge in [-0.1, -0.05) is 37.3 Å². The molecule has 0 radical (unpaired) electrons. The summed E-state index contributed by atoms with van der Waals surface area (Å²) in [5.74, 6) is 0.492. The topological polar surface area (TPSA) is 43.7 Å². The van der Waals surface area contributed by atoms with Gasteiger partial charge in [0.1, 0.15) is 0 Å². The third-order valence-electron chi connectivity index (χ3n) is 3.29. The summed E-state index contributed by atoms with van der Waals surface area (Å²) in [7, 11) is 0. The lowest BCUT2D eigenvalue weighted by Gasteiger charge is -2.26. The Labute approximate surface area is 116 Å². The van der Waals surface area contributed by atoms with Crippen molar-refractivity contribution in [2.75, 3.05) is 19.6 Å². The summed E-state index contributed by atoms with van der Waals surface area (Å²) in [4.78, 5) is 2.13. The zero-order valence-electron chi connectivity index (χ0n) is 12.3. The molecule has 0 bridgehead atoms. The number of nitrogens with zero attached hydrogens (tertiary/aromatic N) is 1. The third kappa shape index (κ3) is 6.71. The maximum Gasteiger partial charge on any atom is 0.0639 e. The van der Waals surface area contributed by atoms with E-state index in [2.05, 4.69) is 36.1 Å². The van der Waals surface area contributed by atoms with Crippen molar-refractivity contribution >= 4 is 0 Å². The first-order chi connectivity index (χ1) is 8.99. The maximum atomic E-state index is 9.49. The van der Waals surface area contributed by atoms with Crippen LogP contribution in [-0.2, 0) is 0 Å². The maximum absolute atomic E-state index is 9.49. The molecule has 0 unspecified atom stereocenters. The summed E-state index contributed by atoms with van der Waals surface area (Å²) >= 11 is 0. The Balaban J connectivity index is 2.46. The lowest BCUT2D eigenvalue weighted by atomic mass is 9.97. The second-order valence-electron chi connectivity index (χ2n) is 5.56. The van der Waals surface area contributed by atoms with Gasteiger partial charge in [-0.05, 0) is 38.3 Å². The van der Waals surface area contributed by atoms with Crippen molar-refractivity contribution in [3.8, 4) is 0 Å². The van der Waals surface area contributed by atoms with Crippen LogP contribution < -0.4 is 0 Å². The lowest BCUT2D eigenvalue weighted by Crippen LogP contribution is -2.37. The Kier molecular flexibility index (Phi) is 7.06. The molecule has 0 fully saturated rings. The van der Waals surface area contributed by atoms with Crippen LogP contribution in [-0.4, -0.2) is 47.0 Å². The lowest BCUT2D eigenvalue weighted by molar-refractivity contribution is 0.0820. The van der Waals surface area contributed by atoms with Gasteiger partial charge < -0.3 is 10.2 Å². The SMILES string of the molecule is C[C@H](O)CN(CC[C@@H](C)c1ccccc1)C[C@@H](C)O. The largest absolute Gasteiger partial charge is 0.392 e. The highest BCUT2D eigenvalue weighted by Crippen LogP contribution is 2.18. The first kappa shape index (κ1) is 16.2. The number of aliphatic hydroxyl groups excluding tert-OH is 2. The Bertz CT molecular complexity index is 328. The van der Waals surface area contributed by atoms with Crippen LogP contribution in [0.1, 0.15) is 38.7 Å². The minimum Gasteiger partial charge on any atom is -0.392 e. The number of hydrogen-bond donors (Lipinski definition) is 2. The molecule has 0 saturated heterocycles. The fraction of sp³-hybridized carbons (Fsp3) is 0.625. The first-order valence-electron chi connectivity index (χ1n) is 7.12. The van der Waals surface area contributed by atoms with Gasteiger partial charge in [0.2, 0.25) is 0 Å². The number of benzene rings is 1. The molecule has 0 heterocycles. The molecule has 0 aliphatic carbocycles. The molecular formula is C16H27NO2. The van der Waals surface area contributed by atoms with Gasteiger partial charge in [0.05, 0.1) is 12.2 Å². The van der Waals surface area contributed by atoms with Gasteiger partial charge in [0.15, 0.2) is 0 Å². The van der Waals surface area contributed by atoms with Crippen LogP contribution >= 0.6 is 0 Å². The summed E-state index contributed by atoms with van der Waals surface area (Å²) in [6.07, 6.45) is 0.320. The van der Waals surface area contributed by atoms with Crippen molar-refractivity contribution in [3.05, 3.63) is 35.9 Å². The van der Waals surface area contributed by atoms with E-state index >= 15 is 0 Å². The van der Waals surface area contributed by atoms with Gasteiger partial charge in [-0.25, -0.2) is 0 Å². The molecule has 0 aliphatic rings. The van der Waals surface area contributed by atoms with Crippen molar-refractivity contribution in [1.82, 2.24) is 4.90 Å². The number of rotatable bonds is 8. The van der Waals surface area contributed by atoms with Gasteiger partial charge in [-0.15, -0.1) is 0 Å². The van der Waals surface area contributed by atoms with Crippen molar-refractivity contribution in [1.29, 1.82) is 0 Å². The Morgan fingerprint density at radius 1 is 0.947 bits per heavy atom. The molecule has 1 aromatic rings. The molecule has 0 spiro atoms. The monoisotopic (exact) mass is 265 g/mol. The van der Waals surface area contributed by atoms with Gasteiger partial charge in [0, 0.05) is 13.1 Å².